The molecule has 3 aromatic carbocycles. The van der Waals surface area contributed by atoms with Crippen molar-refractivity contribution in [2.45, 2.75) is 30.1 Å². The summed E-state index contributed by atoms with van der Waals surface area (Å²) in [6, 6.07) is 20.6. The van der Waals surface area contributed by atoms with Gasteiger partial charge in [-0.05, 0) is 47.4 Å². The predicted molar refractivity (Wildman–Crippen MR) is 122 cm³/mol. The van der Waals surface area contributed by atoms with Gasteiger partial charge < -0.3 is 4.55 Å². The molecule has 4 rings (SSSR count). The van der Waals surface area contributed by atoms with E-state index < -0.39 is 23.1 Å². The van der Waals surface area contributed by atoms with Crippen molar-refractivity contribution in [1.29, 1.82) is 0 Å². The Bertz CT molecular complexity index is 1060. The third-order valence-electron chi connectivity index (χ3n) is 5.44. The lowest BCUT2D eigenvalue weighted by molar-refractivity contribution is -0.137. The summed E-state index contributed by atoms with van der Waals surface area (Å²) in [4.78, 5) is 2.38. The minimum absolute atomic E-state index is 0.0453. The number of halogens is 4. The fourth-order valence-electron chi connectivity index (χ4n) is 3.81. The van der Waals surface area contributed by atoms with Gasteiger partial charge >= 0.3 is 6.18 Å². The van der Waals surface area contributed by atoms with Gasteiger partial charge in [0, 0.05) is 30.7 Å². The maximum atomic E-state index is 12.9. The van der Waals surface area contributed by atoms with Crippen LogP contribution in [0, 0.1) is 0 Å². The highest BCUT2D eigenvalue weighted by Gasteiger charge is 2.33. The monoisotopic (exact) mass is 478 g/mol. The summed E-state index contributed by atoms with van der Waals surface area (Å²) in [5, 5.41) is 0.699. The Labute approximate surface area is 193 Å². The van der Waals surface area contributed by atoms with Crippen LogP contribution >= 0.6 is 11.6 Å². The lowest BCUT2D eigenvalue weighted by Gasteiger charge is -2.18. The summed E-state index contributed by atoms with van der Waals surface area (Å²) >= 11 is 4.38. The Morgan fingerprint density at radius 1 is 1.00 bits per heavy atom. The zero-order valence-electron chi connectivity index (χ0n) is 17.1. The van der Waals surface area contributed by atoms with Gasteiger partial charge in [-0.1, -0.05) is 54.1 Å². The number of nitrogens with one attached hydrogen (secondary N) is 1. The summed E-state index contributed by atoms with van der Waals surface area (Å²) in [6.45, 7) is 2.26. The topological polar surface area (TPSA) is 38.3 Å². The highest BCUT2D eigenvalue weighted by atomic mass is 35.5. The highest BCUT2D eigenvalue weighted by Crippen LogP contribution is 2.30. The third-order valence-corrected chi connectivity index (χ3v) is 6.90. The van der Waals surface area contributed by atoms with Gasteiger partial charge in [-0.15, -0.1) is 4.72 Å². The Morgan fingerprint density at radius 3 is 2.47 bits per heavy atom. The van der Waals surface area contributed by atoms with E-state index in [9.17, 15) is 17.7 Å². The first-order valence-electron chi connectivity index (χ1n) is 10.2. The highest BCUT2D eigenvalue weighted by molar-refractivity contribution is 7.89. The van der Waals surface area contributed by atoms with E-state index in [0.717, 1.165) is 48.3 Å². The lowest BCUT2D eigenvalue weighted by atomic mass is 10.0. The fourth-order valence-corrected chi connectivity index (χ4v) is 5.07. The Hall–Kier alpha value is -2.03. The van der Waals surface area contributed by atoms with E-state index >= 15 is 0 Å². The number of hydrogen-bond acceptors (Lipinski definition) is 3. The molecule has 0 bridgehead atoms. The van der Waals surface area contributed by atoms with Crippen molar-refractivity contribution in [1.82, 2.24) is 9.62 Å². The van der Waals surface area contributed by atoms with Crippen LogP contribution in [0.2, 0.25) is 5.02 Å². The molecular weight excluding hydrogens is 457 g/mol. The molecule has 1 aliphatic rings. The maximum absolute atomic E-state index is 12.9. The molecular formula is C24H22ClF3N2OS. The Morgan fingerprint density at radius 2 is 1.75 bits per heavy atom. The molecule has 168 valence electrons. The number of rotatable bonds is 6. The Kier molecular flexibility index (Phi) is 7.12. The van der Waals surface area contributed by atoms with Gasteiger partial charge in [0.2, 0.25) is 0 Å². The molecule has 3 nitrogen and oxygen atoms in total. The lowest BCUT2D eigenvalue weighted by Crippen LogP contribution is -2.37. The zero-order valence-corrected chi connectivity index (χ0v) is 18.7. The molecule has 1 aliphatic heterocycles. The number of hydrogen-bond donors (Lipinski definition) is 1. The van der Waals surface area contributed by atoms with Crippen molar-refractivity contribution >= 4 is 23.0 Å². The normalized spacial score (nSPS) is 18.1. The molecule has 0 aromatic heterocycles. The van der Waals surface area contributed by atoms with Crippen LogP contribution < -0.4 is 4.72 Å². The summed E-state index contributed by atoms with van der Waals surface area (Å²) < 4.78 is 54.2. The molecule has 3 aromatic rings. The van der Waals surface area contributed by atoms with E-state index in [2.05, 4.69) is 33.9 Å². The second kappa shape index (κ2) is 9.85. The number of benzene rings is 3. The van der Waals surface area contributed by atoms with Crippen LogP contribution in [-0.4, -0.2) is 28.6 Å². The van der Waals surface area contributed by atoms with Crippen molar-refractivity contribution in [3.8, 4) is 11.1 Å². The largest absolute Gasteiger partial charge is 0.593 e. The SMILES string of the molecule is [O-][S+](N[C@@H]1CCN(Cc2ccc(-c3cccc(Cl)c3)cc2)C1)c1cccc(C(F)(F)F)c1. The van der Waals surface area contributed by atoms with Crippen molar-refractivity contribution in [2.24, 2.45) is 0 Å². The van der Waals surface area contributed by atoms with E-state index in [1.54, 1.807) is 0 Å². The van der Waals surface area contributed by atoms with Gasteiger partial charge in [0.1, 0.15) is 0 Å². The third kappa shape index (κ3) is 5.85. The molecule has 1 fully saturated rings. The smallest absolute Gasteiger partial charge is 0.416 e. The minimum atomic E-state index is -4.45. The van der Waals surface area contributed by atoms with Crippen molar-refractivity contribution < 1.29 is 17.7 Å². The average Bonchev–Trinajstić information content (AvgIpc) is 3.20. The summed E-state index contributed by atoms with van der Waals surface area (Å²) in [7, 11) is 0. The quantitative estimate of drug-likeness (QED) is 0.447. The first-order valence-corrected chi connectivity index (χ1v) is 11.7. The molecule has 0 saturated carbocycles. The summed E-state index contributed by atoms with van der Waals surface area (Å²) in [5.74, 6) is 0. The van der Waals surface area contributed by atoms with Gasteiger partial charge in [-0.3, -0.25) is 4.90 Å². The maximum Gasteiger partial charge on any atom is 0.416 e. The van der Waals surface area contributed by atoms with Crippen LogP contribution in [0.4, 0.5) is 13.2 Å². The second-order valence-electron chi connectivity index (χ2n) is 7.84. The summed E-state index contributed by atoms with van der Waals surface area (Å²) in [5.41, 5.74) is 2.52. The van der Waals surface area contributed by atoms with Crippen LogP contribution in [0.15, 0.2) is 77.7 Å². The second-order valence-corrected chi connectivity index (χ2v) is 9.52. The van der Waals surface area contributed by atoms with Crippen LogP contribution in [0.5, 0.6) is 0 Å². The molecule has 2 atom stereocenters. The van der Waals surface area contributed by atoms with Gasteiger partial charge in [-0.25, -0.2) is 0 Å². The van der Waals surface area contributed by atoms with Gasteiger partial charge in [0.15, 0.2) is 4.90 Å². The van der Waals surface area contributed by atoms with E-state index in [1.807, 2.05) is 24.3 Å². The van der Waals surface area contributed by atoms with Crippen molar-refractivity contribution in [3.05, 3.63) is 88.9 Å². The fraction of sp³-hybridized carbons (Fsp3) is 0.250. The van der Waals surface area contributed by atoms with Crippen LogP contribution in [-0.2, 0) is 24.1 Å². The first-order chi connectivity index (χ1) is 15.3. The molecule has 1 unspecified atom stereocenters. The van der Waals surface area contributed by atoms with E-state index in [4.69, 9.17) is 11.6 Å². The average molecular weight is 479 g/mol. The van der Waals surface area contributed by atoms with Gasteiger partial charge in [0.25, 0.3) is 0 Å². The first kappa shape index (κ1) is 23.1. The molecule has 1 N–H and O–H groups in total. The molecule has 0 amide bonds. The molecule has 32 heavy (non-hydrogen) atoms. The molecule has 1 saturated heterocycles. The van der Waals surface area contributed by atoms with Crippen LogP contribution in [0.3, 0.4) is 0 Å². The summed E-state index contributed by atoms with van der Waals surface area (Å²) in [6.07, 6.45) is -3.67. The van der Waals surface area contributed by atoms with Crippen molar-refractivity contribution in [2.75, 3.05) is 13.1 Å². The Balaban J connectivity index is 1.32. The minimum Gasteiger partial charge on any atom is -0.593 e. The molecule has 8 heteroatoms. The molecule has 0 aliphatic carbocycles. The van der Waals surface area contributed by atoms with Crippen LogP contribution in [0.25, 0.3) is 11.1 Å². The number of likely N-dealkylation sites (tertiary alicyclic amines) is 1. The van der Waals surface area contributed by atoms with E-state index in [1.165, 1.54) is 12.1 Å². The van der Waals surface area contributed by atoms with Gasteiger partial charge in [-0.2, -0.15) is 13.2 Å². The molecule has 1 heterocycles. The number of alkyl halides is 3. The standard InChI is InChI=1S/C24H22ClF3N2OS/c25-21-5-1-3-19(13-21)18-9-7-17(8-10-18)15-30-12-11-22(16-30)29-32(31)23-6-2-4-20(14-23)24(26,27)28/h1-10,13-14,22,29H,11-12,15-16H2/t22-,32?/m1/s1. The van der Waals surface area contributed by atoms with E-state index in [-0.39, 0.29) is 10.9 Å². The molecule has 0 spiro atoms. The van der Waals surface area contributed by atoms with E-state index in [0.29, 0.717) is 11.6 Å². The molecule has 0 radical (unpaired) electrons. The zero-order chi connectivity index (χ0) is 22.7. The number of nitrogens with zero attached hydrogens (tertiary/aromatic N) is 1. The van der Waals surface area contributed by atoms with Crippen LogP contribution in [0.1, 0.15) is 17.5 Å². The predicted octanol–water partition coefficient (Wildman–Crippen LogP) is 5.91. The van der Waals surface area contributed by atoms with Gasteiger partial charge in [0.05, 0.1) is 23.0 Å². The van der Waals surface area contributed by atoms with Crippen molar-refractivity contribution in [3.63, 3.8) is 0 Å².